The molecule has 1 aliphatic rings. The Labute approximate surface area is 105 Å². The Morgan fingerprint density at radius 1 is 1.29 bits per heavy atom. The molecule has 0 aromatic carbocycles. The van der Waals surface area contributed by atoms with Crippen molar-refractivity contribution in [3.05, 3.63) is 18.0 Å². The van der Waals surface area contributed by atoms with Gasteiger partial charge in [0.05, 0.1) is 12.2 Å². The van der Waals surface area contributed by atoms with Gasteiger partial charge in [-0.25, -0.2) is 0 Å². The summed E-state index contributed by atoms with van der Waals surface area (Å²) in [5.74, 6) is 0. The third kappa shape index (κ3) is 2.89. The lowest BCUT2D eigenvalue weighted by Crippen LogP contribution is -2.34. The molecule has 0 aliphatic carbocycles. The van der Waals surface area contributed by atoms with Crippen molar-refractivity contribution in [3.63, 3.8) is 0 Å². The van der Waals surface area contributed by atoms with Gasteiger partial charge in [0.1, 0.15) is 0 Å². The molecule has 17 heavy (non-hydrogen) atoms. The topological polar surface area (TPSA) is 21.1 Å². The first-order valence-corrected chi connectivity index (χ1v) is 6.77. The fraction of sp³-hybridized carbons (Fsp3) is 0.786. The first-order valence-electron chi connectivity index (χ1n) is 6.77. The largest absolute Gasteiger partial charge is 0.303 e. The summed E-state index contributed by atoms with van der Waals surface area (Å²) in [6.45, 7) is 12.6. The maximum atomic E-state index is 4.56. The minimum absolute atomic E-state index is 0.211. The molecular weight excluding hydrogens is 210 g/mol. The Morgan fingerprint density at radius 3 is 2.41 bits per heavy atom. The van der Waals surface area contributed by atoms with E-state index in [0.717, 1.165) is 0 Å². The van der Waals surface area contributed by atoms with E-state index < -0.39 is 0 Å². The fourth-order valence-corrected chi connectivity index (χ4v) is 2.43. The second kappa shape index (κ2) is 4.81. The first-order chi connectivity index (χ1) is 8.00. The third-order valence-electron chi connectivity index (χ3n) is 3.85. The highest BCUT2D eigenvalue weighted by Crippen LogP contribution is 2.26. The van der Waals surface area contributed by atoms with Crippen LogP contribution in [0.1, 0.15) is 52.1 Å². The number of aromatic nitrogens is 2. The highest BCUT2D eigenvalue weighted by atomic mass is 15.3. The van der Waals surface area contributed by atoms with E-state index in [1.54, 1.807) is 0 Å². The lowest BCUT2D eigenvalue weighted by molar-refractivity contribution is 0.187. The van der Waals surface area contributed by atoms with Gasteiger partial charge >= 0.3 is 0 Å². The van der Waals surface area contributed by atoms with E-state index in [4.69, 9.17) is 0 Å². The summed E-state index contributed by atoms with van der Waals surface area (Å²) in [7, 11) is 0. The van der Waals surface area contributed by atoms with Crippen molar-refractivity contribution in [1.29, 1.82) is 0 Å². The molecule has 2 rings (SSSR count). The van der Waals surface area contributed by atoms with E-state index in [9.17, 15) is 0 Å². The van der Waals surface area contributed by atoms with Gasteiger partial charge in [-0.1, -0.05) is 27.7 Å². The SMILES string of the molecule is CCN1CCC(n2cc(C(C)(C)C)cn2)CC1. The van der Waals surface area contributed by atoms with Crippen molar-refractivity contribution in [2.45, 2.75) is 52.0 Å². The molecule has 3 nitrogen and oxygen atoms in total. The molecule has 0 bridgehead atoms. The maximum Gasteiger partial charge on any atom is 0.0543 e. The van der Waals surface area contributed by atoms with E-state index in [-0.39, 0.29) is 5.41 Å². The van der Waals surface area contributed by atoms with Crippen LogP contribution in [0.25, 0.3) is 0 Å². The monoisotopic (exact) mass is 235 g/mol. The van der Waals surface area contributed by atoms with Gasteiger partial charge in [0.2, 0.25) is 0 Å². The summed E-state index contributed by atoms with van der Waals surface area (Å²) in [6.07, 6.45) is 6.75. The number of rotatable bonds is 2. The minimum Gasteiger partial charge on any atom is -0.303 e. The van der Waals surface area contributed by atoms with E-state index in [2.05, 4.69) is 48.6 Å². The molecule has 0 amide bonds. The molecule has 0 spiro atoms. The Hall–Kier alpha value is -0.830. The van der Waals surface area contributed by atoms with Gasteiger partial charge in [0.25, 0.3) is 0 Å². The van der Waals surface area contributed by atoms with Gasteiger partial charge in [-0.2, -0.15) is 5.10 Å². The molecule has 0 unspecified atom stereocenters. The van der Waals surface area contributed by atoms with Crippen LogP contribution < -0.4 is 0 Å². The van der Waals surface area contributed by atoms with Crippen LogP contribution in [0.4, 0.5) is 0 Å². The third-order valence-corrected chi connectivity index (χ3v) is 3.85. The zero-order chi connectivity index (χ0) is 12.5. The van der Waals surface area contributed by atoms with E-state index in [1.807, 2.05) is 6.20 Å². The minimum atomic E-state index is 0.211. The van der Waals surface area contributed by atoms with Crippen molar-refractivity contribution >= 4 is 0 Å². The summed E-state index contributed by atoms with van der Waals surface area (Å²) in [5, 5.41) is 4.56. The molecule has 3 heteroatoms. The zero-order valence-corrected chi connectivity index (χ0v) is 11.6. The number of nitrogens with zero attached hydrogens (tertiary/aromatic N) is 3. The van der Waals surface area contributed by atoms with Gasteiger partial charge in [-0.15, -0.1) is 0 Å². The quantitative estimate of drug-likeness (QED) is 0.786. The summed E-state index contributed by atoms with van der Waals surface area (Å²) in [4.78, 5) is 2.52. The lowest BCUT2D eigenvalue weighted by atomic mass is 9.90. The normalized spacial score (nSPS) is 19.8. The van der Waals surface area contributed by atoms with Crippen LogP contribution in [0.3, 0.4) is 0 Å². The summed E-state index contributed by atoms with van der Waals surface area (Å²) < 4.78 is 2.19. The number of hydrogen-bond acceptors (Lipinski definition) is 2. The summed E-state index contributed by atoms with van der Waals surface area (Å²) in [6, 6.07) is 0.605. The fourth-order valence-electron chi connectivity index (χ4n) is 2.43. The van der Waals surface area contributed by atoms with Crippen LogP contribution in [-0.4, -0.2) is 34.3 Å². The van der Waals surface area contributed by atoms with Gasteiger partial charge < -0.3 is 4.90 Å². The summed E-state index contributed by atoms with van der Waals surface area (Å²) in [5.41, 5.74) is 1.55. The highest BCUT2D eigenvalue weighted by molar-refractivity contribution is 5.15. The van der Waals surface area contributed by atoms with Crippen LogP contribution in [0.2, 0.25) is 0 Å². The standard InChI is InChI=1S/C14H25N3/c1-5-16-8-6-13(7-9-16)17-11-12(10-15-17)14(2,3)4/h10-11,13H,5-9H2,1-4H3. The maximum absolute atomic E-state index is 4.56. The van der Waals surface area contributed by atoms with E-state index >= 15 is 0 Å². The van der Waals surface area contributed by atoms with Crippen LogP contribution in [0.5, 0.6) is 0 Å². The molecule has 2 heterocycles. The van der Waals surface area contributed by atoms with Crippen molar-refractivity contribution in [2.24, 2.45) is 0 Å². The van der Waals surface area contributed by atoms with Crippen LogP contribution in [-0.2, 0) is 5.41 Å². The molecule has 0 N–H and O–H groups in total. The molecule has 0 radical (unpaired) electrons. The summed E-state index contributed by atoms with van der Waals surface area (Å²) >= 11 is 0. The second-order valence-electron chi connectivity index (χ2n) is 6.12. The van der Waals surface area contributed by atoms with Crippen LogP contribution >= 0.6 is 0 Å². The Bertz CT molecular complexity index is 354. The molecule has 1 aromatic heterocycles. The molecule has 0 saturated carbocycles. The smallest absolute Gasteiger partial charge is 0.0543 e. The molecule has 1 aliphatic heterocycles. The van der Waals surface area contributed by atoms with E-state index in [1.165, 1.54) is 38.0 Å². The van der Waals surface area contributed by atoms with Gasteiger partial charge in [0, 0.05) is 19.3 Å². The average Bonchev–Trinajstić information content (AvgIpc) is 2.78. The van der Waals surface area contributed by atoms with Gasteiger partial charge in [-0.05, 0) is 30.4 Å². The van der Waals surface area contributed by atoms with Gasteiger partial charge in [0.15, 0.2) is 0 Å². The molecule has 1 saturated heterocycles. The predicted octanol–water partition coefficient (Wildman–Crippen LogP) is 2.84. The Morgan fingerprint density at radius 2 is 1.94 bits per heavy atom. The molecule has 0 atom stereocenters. The Kier molecular flexibility index (Phi) is 3.57. The molecule has 96 valence electrons. The molecule has 1 fully saturated rings. The molecule has 1 aromatic rings. The van der Waals surface area contributed by atoms with Gasteiger partial charge in [-0.3, -0.25) is 4.68 Å². The molecular formula is C14H25N3. The highest BCUT2D eigenvalue weighted by Gasteiger charge is 2.22. The second-order valence-corrected chi connectivity index (χ2v) is 6.12. The van der Waals surface area contributed by atoms with Crippen molar-refractivity contribution in [1.82, 2.24) is 14.7 Å². The van der Waals surface area contributed by atoms with Crippen molar-refractivity contribution in [2.75, 3.05) is 19.6 Å². The first kappa shape index (κ1) is 12.6. The van der Waals surface area contributed by atoms with E-state index in [0.29, 0.717) is 6.04 Å². The predicted molar refractivity (Wildman–Crippen MR) is 71.3 cm³/mol. The number of hydrogen-bond donors (Lipinski definition) is 0. The Balaban J connectivity index is 2.02. The lowest BCUT2D eigenvalue weighted by Gasteiger charge is -2.31. The number of piperidine rings is 1. The number of likely N-dealkylation sites (tertiary alicyclic amines) is 1. The van der Waals surface area contributed by atoms with Crippen LogP contribution in [0, 0.1) is 0 Å². The van der Waals surface area contributed by atoms with Crippen LogP contribution in [0.15, 0.2) is 12.4 Å². The van der Waals surface area contributed by atoms with Crippen molar-refractivity contribution in [3.8, 4) is 0 Å². The average molecular weight is 235 g/mol. The van der Waals surface area contributed by atoms with Crippen molar-refractivity contribution < 1.29 is 0 Å². The zero-order valence-electron chi connectivity index (χ0n) is 11.6.